The molecule has 6 heteroatoms. The number of nitriles is 1. The number of rotatable bonds is 7. The molecule has 0 aliphatic heterocycles. The average molecular weight is 407 g/mol. The van der Waals surface area contributed by atoms with Crippen LogP contribution in [0.25, 0.3) is 16.8 Å². The van der Waals surface area contributed by atoms with E-state index >= 15 is 0 Å². The zero-order valence-electron chi connectivity index (χ0n) is 13.8. The average Bonchev–Trinajstić information content (AvgIpc) is 3.04. The van der Waals surface area contributed by atoms with Gasteiger partial charge in [0.05, 0.1) is 19.3 Å². The number of halogens is 1. The lowest BCUT2D eigenvalue weighted by atomic mass is 10.2. The topological polar surface area (TPSA) is 61.4 Å². The number of nitrogens with zero attached hydrogens (tertiary/aromatic N) is 2. The van der Waals surface area contributed by atoms with Gasteiger partial charge in [-0.1, -0.05) is 41.4 Å². The van der Waals surface area contributed by atoms with Gasteiger partial charge >= 0.3 is 0 Å². The number of aliphatic hydroxyl groups excluding tert-OH is 1. The number of nitrogens with one attached hydrogen (secondary N) is 1. The Bertz CT molecular complexity index is 746. The highest BCUT2D eigenvalue weighted by atomic mass is 79.9. The normalized spacial score (nSPS) is 13.2. The van der Waals surface area contributed by atoms with Crippen molar-refractivity contribution in [2.24, 2.45) is 0 Å². The molecular formula is C18H21BrN3OS+. The van der Waals surface area contributed by atoms with Crippen LogP contribution in [0, 0.1) is 11.3 Å². The first-order valence-corrected chi connectivity index (χ1v) is 9.57. The van der Waals surface area contributed by atoms with Crippen molar-refractivity contribution >= 4 is 32.8 Å². The molecule has 1 atom stereocenters. The summed E-state index contributed by atoms with van der Waals surface area (Å²) in [5, 5.41) is 22.3. The zero-order valence-corrected chi connectivity index (χ0v) is 16.2. The van der Waals surface area contributed by atoms with Gasteiger partial charge in [0.1, 0.15) is 23.2 Å². The van der Waals surface area contributed by atoms with Gasteiger partial charge in [0.2, 0.25) is 0 Å². The molecule has 1 heterocycles. The number of hydrogen-bond donors (Lipinski definition) is 2. The third-order valence-electron chi connectivity index (χ3n) is 3.68. The number of unbranched alkanes of at least 4 members (excludes halogenated alkanes) is 1. The van der Waals surface area contributed by atoms with Crippen LogP contribution in [0.5, 0.6) is 0 Å². The Morgan fingerprint density at radius 1 is 1.38 bits per heavy atom. The van der Waals surface area contributed by atoms with E-state index in [0.717, 1.165) is 35.1 Å². The quantitative estimate of drug-likeness (QED) is 0.544. The van der Waals surface area contributed by atoms with Crippen molar-refractivity contribution in [1.29, 1.82) is 5.26 Å². The third kappa shape index (κ3) is 4.91. The van der Waals surface area contributed by atoms with Crippen molar-refractivity contribution in [2.45, 2.75) is 19.8 Å². The molecule has 0 amide bonds. The van der Waals surface area contributed by atoms with Gasteiger partial charge in [-0.25, -0.2) is 4.98 Å². The number of benzene rings is 1. The second-order valence-electron chi connectivity index (χ2n) is 5.72. The first kappa shape index (κ1) is 18.7. The molecule has 2 aromatic rings. The lowest BCUT2D eigenvalue weighted by molar-refractivity contribution is -0.876. The van der Waals surface area contributed by atoms with E-state index in [1.807, 2.05) is 36.7 Å². The van der Waals surface area contributed by atoms with Crippen LogP contribution < -0.4 is 4.90 Å². The standard InChI is InChI=1S/C18H20BrN3OS/c1-3-4-9-22(2)11-17(23)15(10-20)18-21-16(12-24-18)13-5-7-14(19)8-6-13/h5-8,12,23H,3-4,9,11H2,1-2H3/p+1/b17-15-. The number of quaternary nitrogens is 1. The predicted octanol–water partition coefficient (Wildman–Crippen LogP) is 3.68. The summed E-state index contributed by atoms with van der Waals surface area (Å²) < 4.78 is 1.01. The van der Waals surface area contributed by atoms with Crippen LogP contribution in [-0.2, 0) is 0 Å². The maximum Gasteiger partial charge on any atom is 0.168 e. The highest BCUT2D eigenvalue weighted by Crippen LogP contribution is 2.27. The van der Waals surface area contributed by atoms with Crippen molar-refractivity contribution in [1.82, 2.24) is 4.98 Å². The fourth-order valence-electron chi connectivity index (χ4n) is 2.32. The second kappa shape index (κ2) is 8.97. The van der Waals surface area contributed by atoms with Crippen LogP contribution in [0.1, 0.15) is 24.8 Å². The first-order valence-electron chi connectivity index (χ1n) is 7.90. The summed E-state index contributed by atoms with van der Waals surface area (Å²) in [5.41, 5.74) is 2.08. The number of aliphatic hydroxyl groups is 1. The zero-order chi connectivity index (χ0) is 17.5. The molecule has 1 unspecified atom stereocenters. The van der Waals surface area contributed by atoms with Gasteiger partial charge in [0.25, 0.3) is 0 Å². The van der Waals surface area contributed by atoms with Crippen LogP contribution in [0.2, 0.25) is 0 Å². The summed E-state index contributed by atoms with van der Waals surface area (Å²) >= 11 is 4.80. The summed E-state index contributed by atoms with van der Waals surface area (Å²) in [7, 11) is 2.02. The number of aromatic nitrogens is 1. The van der Waals surface area contributed by atoms with Crippen LogP contribution in [0.15, 0.2) is 39.9 Å². The van der Waals surface area contributed by atoms with E-state index in [-0.39, 0.29) is 11.3 Å². The first-order chi connectivity index (χ1) is 11.5. The molecule has 0 aliphatic rings. The van der Waals surface area contributed by atoms with Crippen LogP contribution in [-0.4, -0.2) is 30.2 Å². The minimum Gasteiger partial charge on any atom is -0.506 e. The molecule has 4 nitrogen and oxygen atoms in total. The van der Waals surface area contributed by atoms with E-state index in [1.54, 1.807) is 0 Å². The monoisotopic (exact) mass is 406 g/mol. The molecule has 2 rings (SSSR count). The lowest BCUT2D eigenvalue weighted by Gasteiger charge is -2.13. The van der Waals surface area contributed by atoms with Gasteiger partial charge < -0.3 is 10.0 Å². The van der Waals surface area contributed by atoms with E-state index in [0.29, 0.717) is 11.6 Å². The predicted molar refractivity (Wildman–Crippen MR) is 102 cm³/mol. The molecule has 0 aliphatic carbocycles. The summed E-state index contributed by atoms with van der Waals surface area (Å²) in [6, 6.07) is 9.97. The molecule has 1 aromatic carbocycles. The van der Waals surface area contributed by atoms with Gasteiger partial charge in [0, 0.05) is 15.4 Å². The summed E-state index contributed by atoms with van der Waals surface area (Å²) in [6.07, 6.45) is 2.22. The number of allylic oxidation sites excluding steroid dienone is 1. The molecule has 0 saturated heterocycles. The van der Waals surface area contributed by atoms with Crippen LogP contribution in [0.4, 0.5) is 0 Å². The molecule has 0 radical (unpaired) electrons. The summed E-state index contributed by atoms with van der Waals surface area (Å²) in [4.78, 5) is 5.71. The molecule has 0 spiro atoms. The number of thiazole rings is 1. The van der Waals surface area contributed by atoms with Crippen molar-refractivity contribution < 1.29 is 10.0 Å². The van der Waals surface area contributed by atoms with E-state index in [9.17, 15) is 10.4 Å². The minimum atomic E-state index is 0.114. The lowest BCUT2D eigenvalue weighted by Crippen LogP contribution is -3.09. The van der Waals surface area contributed by atoms with Gasteiger partial charge in [-0.3, -0.25) is 0 Å². The molecule has 2 N–H and O–H groups in total. The summed E-state index contributed by atoms with van der Waals surface area (Å²) in [5.74, 6) is 0.114. The third-order valence-corrected chi connectivity index (χ3v) is 5.07. The molecule has 1 aromatic heterocycles. The van der Waals surface area contributed by atoms with Crippen molar-refractivity contribution in [2.75, 3.05) is 20.1 Å². The van der Waals surface area contributed by atoms with Crippen molar-refractivity contribution in [3.63, 3.8) is 0 Å². The van der Waals surface area contributed by atoms with Crippen LogP contribution in [0.3, 0.4) is 0 Å². The second-order valence-corrected chi connectivity index (χ2v) is 7.49. The fraction of sp³-hybridized carbons (Fsp3) is 0.333. The number of likely N-dealkylation sites (N-methyl/N-ethyl adjacent to an activating group) is 1. The van der Waals surface area contributed by atoms with E-state index < -0.39 is 0 Å². The Morgan fingerprint density at radius 3 is 2.71 bits per heavy atom. The number of hydrogen-bond acceptors (Lipinski definition) is 4. The highest BCUT2D eigenvalue weighted by molar-refractivity contribution is 9.10. The molecule has 0 fully saturated rings. The van der Waals surface area contributed by atoms with Gasteiger partial charge in [0.15, 0.2) is 5.76 Å². The van der Waals surface area contributed by atoms with E-state index in [2.05, 4.69) is 33.9 Å². The highest BCUT2D eigenvalue weighted by Gasteiger charge is 2.16. The molecule has 0 bridgehead atoms. The Morgan fingerprint density at radius 2 is 2.08 bits per heavy atom. The molecule has 126 valence electrons. The van der Waals surface area contributed by atoms with Crippen molar-refractivity contribution in [3.05, 3.63) is 44.9 Å². The Labute approximate surface area is 155 Å². The Balaban J connectivity index is 2.20. The Kier molecular flexibility index (Phi) is 6.98. The van der Waals surface area contributed by atoms with Crippen molar-refractivity contribution in [3.8, 4) is 17.3 Å². The Hall–Kier alpha value is -1.68. The molecule has 24 heavy (non-hydrogen) atoms. The fourth-order valence-corrected chi connectivity index (χ4v) is 3.43. The van der Waals surface area contributed by atoms with E-state index in [4.69, 9.17) is 0 Å². The smallest absolute Gasteiger partial charge is 0.168 e. The molecular weight excluding hydrogens is 386 g/mol. The van der Waals surface area contributed by atoms with Gasteiger partial charge in [-0.05, 0) is 18.6 Å². The van der Waals surface area contributed by atoms with Gasteiger partial charge in [-0.2, -0.15) is 5.26 Å². The van der Waals surface area contributed by atoms with Crippen LogP contribution >= 0.6 is 27.3 Å². The van der Waals surface area contributed by atoms with Gasteiger partial charge in [-0.15, -0.1) is 11.3 Å². The summed E-state index contributed by atoms with van der Waals surface area (Å²) in [6.45, 7) is 3.56. The largest absolute Gasteiger partial charge is 0.506 e. The molecule has 0 saturated carbocycles. The van der Waals surface area contributed by atoms with E-state index in [1.165, 1.54) is 16.2 Å². The maximum absolute atomic E-state index is 10.3. The SMILES string of the molecule is CCCC[NH+](C)C/C(O)=C(\C#N)c1nc(-c2ccc(Br)cc2)cs1. The maximum atomic E-state index is 10.3. The minimum absolute atomic E-state index is 0.114.